The van der Waals surface area contributed by atoms with Crippen LogP contribution >= 0.6 is 0 Å². The molecule has 4 amide bonds. The van der Waals surface area contributed by atoms with Crippen molar-refractivity contribution in [3.05, 3.63) is 41.5 Å². The van der Waals surface area contributed by atoms with Gasteiger partial charge < -0.3 is 34.5 Å². The minimum absolute atomic E-state index is 0.0260. The normalized spacial score (nSPS) is 30.6. The number of benzene rings is 1. The maximum atomic E-state index is 14.4. The highest BCUT2D eigenvalue weighted by Crippen LogP contribution is 2.47. The summed E-state index contributed by atoms with van der Waals surface area (Å²) < 4.78 is 51.2. The van der Waals surface area contributed by atoms with Gasteiger partial charge in [0.05, 0.1) is 24.6 Å². The molecule has 3 aliphatic heterocycles. The summed E-state index contributed by atoms with van der Waals surface area (Å²) in [6.07, 6.45) is 6.62. The van der Waals surface area contributed by atoms with E-state index in [0.717, 1.165) is 17.7 Å². The zero-order valence-electron chi connectivity index (χ0n) is 31.8. The molecule has 298 valence electrons. The number of hydrogen-bond acceptors (Lipinski definition) is 11. The highest BCUT2D eigenvalue weighted by atomic mass is 32.2. The minimum atomic E-state index is -3.85. The van der Waals surface area contributed by atoms with Crippen molar-refractivity contribution in [2.24, 2.45) is 11.3 Å². The lowest BCUT2D eigenvalue weighted by Gasteiger charge is -2.35. The highest BCUT2D eigenvalue weighted by molar-refractivity contribution is 7.91. The summed E-state index contributed by atoms with van der Waals surface area (Å²) in [6.45, 7) is 9.54. The van der Waals surface area contributed by atoms with Gasteiger partial charge in [-0.1, -0.05) is 58.4 Å². The monoisotopic (exact) mass is 773 g/mol. The summed E-state index contributed by atoms with van der Waals surface area (Å²) in [5.74, 6) is -1.28. The predicted octanol–water partition coefficient (Wildman–Crippen LogP) is 3.07. The fourth-order valence-corrected chi connectivity index (χ4v) is 8.88. The lowest BCUT2D eigenvalue weighted by molar-refractivity contribution is -0.143. The summed E-state index contributed by atoms with van der Waals surface area (Å²) >= 11 is 0. The fourth-order valence-electron chi connectivity index (χ4n) is 7.51. The van der Waals surface area contributed by atoms with E-state index in [9.17, 15) is 27.6 Å². The first-order valence-electron chi connectivity index (χ1n) is 19.1. The van der Waals surface area contributed by atoms with E-state index in [2.05, 4.69) is 26.3 Å². The lowest BCUT2D eigenvalue weighted by atomic mass is 9.85. The molecule has 1 saturated heterocycles. The van der Waals surface area contributed by atoms with E-state index in [4.69, 9.17) is 18.9 Å². The van der Waals surface area contributed by atoms with Crippen molar-refractivity contribution < 1.29 is 46.5 Å². The smallest absolute Gasteiger partial charge is 0.407 e. The van der Waals surface area contributed by atoms with Gasteiger partial charge in [0, 0.05) is 31.6 Å². The number of nitrogens with zero attached hydrogens (tertiary/aromatic N) is 2. The van der Waals surface area contributed by atoms with Crippen molar-refractivity contribution >= 4 is 33.8 Å². The average Bonchev–Trinajstić information content (AvgIpc) is 4.01. The van der Waals surface area contributed by atoms with E-state index in [1.165, 1.54) is 10.5 Å². The molecule has 5 aliphatic rings. The van der Waals surface area contributed by atoms with Crippen LogP contribution in [0.5, 0.6) is 5.75 Å². The predicted molar refractivity (Wildman–Crippen MR) is 197 cm³/mol. The largest absolute Gasteiger partial charge is 0.493 e. The summed E-state index contributed by atoms with van der Waals surface area (Å²) in [5, 5.41) is 4.98. The van der Waals surface area contributed by atoms with E-state index in [0.29, 0.717) is 51.8 Å². The minimum Gasteiger partial charge on any atom is -0.493 e. The number of sulfonamides is 1. The lowest BCUT2D eigenvalue weighted by Crippen LogP contribution is -2.60. The van der Waals surface area contributed by atoms with E-state index in [-0.39, 0.29) is 45.4 Å². The van der Waals surface area contributed by atoms with Crippen LogP contribution in [0.25, 0.3) is 0 Å². The molecule has 3 heterocycles. The average molecular weight is 774 g/mol. The third-order valence-electron chi connectivity index (χ3n) is 10.9. The van der Waals surface area contributed by atoms with Crippen molar-refractivity contribution in [3.8, 4) is 5.75 Å². The van der Waals surface area contributed by atoms with Gasteiger partial charge in [-0.2, -0.15) is 0 Å². The first-order valence-corrected chi connectivity index (χ1v) is 20.7. The Hall–Kier alpha value is -3.73. The number of carbonyl (C=O) groups excluding carboxylic acids is 4. The SMILES string of the molecule is CC[C@H]1C[C@@]1(NC(=O)C1C[C@@H]2CN1C(=O)[C@H](C(C)(C)C)NC(=O)OCCC/C=C/CCOc1cccc3c1CN(COCO2)C3)C(=O)NS(=O)(=O)C1CC1. The Bertz CT molecular complexity index is 1710. The van der Waals surface area contributed by atoms with Gasteiger partial charge in [-0.05, 0) is 61.5 Å². The number of nitrogens with one attached hydrogen (secondary N) is 3. The molecular formula is C38H55N5O10S. The van der Waals surface area contributed by atoms with Gasteiger partial charge in [0.1, 0.15) is 36.9 Å². The van der Waals surface area contributed by atoms with Gasteiger partial charge in [0.25, 0.3) is 5.91 Å². The Labute approximate surface area is 317 Å². The van der Waals surface area contributed by atoms with E-state index >= 15 is 0 Å². The van der Waals surface area contributed by atoms with E-state index < -0.39 is 68.2 Å². The second-order valence-corrected chi connectivity index (χ2v) is 18.1. The Morgan fingerprint density at radius 2 is 1.83 bits per heavy atom. The maximum Gasteiger partial charge on any atom is 0.407 e. The molecule has 1 aromatic rings. The van der Waals surface area contributed by atoms with Crippen LogP contribution < -0.4 is 20.1 Å². The molecular weight excluding hydrogens is 719 g/mol. The van der Waals surface area contributed by atoms with Crippen LogP contribution in [0.3, 0.4) is 0 Å². The van der Waals surface area contributed by atoms with Gasteiger partial charge >= 0.3 is 6.09 Å². The van der Waals surface area contributed by atoms with E-state index in [1.807, 2.05) is 31.2 Å². The Kier molecular flexibility index (Phi) is 12.2. The standard InChI is InChI=1S/C38H55N5O10S/c1-5-26-19-38(26,35(46)41-54(48,49)28-14-15-28)40-33(44)30-18-27-21-43(30)34(45)32(37(2,3)4)39-36(47)52-17-10-8-6-7-9-16-51-31-13-11-12-25-20-42(22-29(25)31)23-50-24-53-27/h6-7,11-13,26-28,30,32H,5,8-10,14-24H2,1-4H3,(H,39,47)(H,40,44)(H,41,46)/b7-6+/t26-,27+,30?,32+,38-/m0/s1. The van der Waals surface area contributed by atoms with Crippen LogP contribution in [0.4, 0.5) is 4.79 Å². The Morgan fingerprint density at radius 1 is 1.06 bits per heavy atom. The maximum absolute atomic E-state index is 14.4. The van der Waals surface area contributed by atoms with Crippen LogP contribution in [0.15, 0.2) is 30.4 Å². The van der Waals surface area contributed by atoms with Crippen LogP contribution in [0, 0.1) is 11.3 Å². The van der Waals surface area contributed by atoms with Gasteiger partial charge in [-0.3, -0.25) is 24.0 Å². The van der Waals surface area contributed by atoms with Gasteiger partial charge in [0.2, 0.25) is 21.8 Å². The molecule has 54 heavy (non-hydrogen) atoms. The molecule has 2 unspecified atom stereocenters. The summed E-state index contributed by atoms with van der Waals surface area (Å²) in [6, 6.07) is 3.91. The zero-order valence-corrected chi connectivity index (χ0v) is 32.6. The Morgan fingerprint density at radius 3 is 2.56 bits per heavy atom. The first kappa shape index (κ1) is 39.9. The quantitative estimate of drug-likeness (QED) is 0.362. The summed E-state index contributed by atoms with van der Waals surface area (Å²) in [4.78, 5) is 58.5. The third kappa shape index (κ3) is 9.37. The number of rotatable bonds is 6. The van der Waals surface area contributed by atoms with Crippen LogP contribution in [0.1, 0.15) is 90.2 Å². The van der Waals surface area contributed by atoms with Crippen LogP contribution in [-0.2, 0) is 51.7 Å². The molecule has 2 aliphatic carbocycles. The number of hydrogen-bond donors (Lipinski definition) is 3. The molecule has 1 aromatic carbocycles. The molecule has 15 nitrogen and oxygen atoms in total. The molecule has 16 heteroatoms. The topological polar surface area (TPSA) is 182 Å². The number of allylic oxidation sites excluding steroid dienone is 1. The van der Waals surface area contributed by atoms with Crippen LogP contribution in [0.2, 0.25) is 0 Å². The molecule has 0 radical (unpaired) electrons. The molecule has 0 aromatic heterocycles. The zero-order chi connectivity index (χ0) is 38.7. The third-order valence-corrected chi connectivity index (χ3v) is 12.7. The second kappa shape index (κ2) is 16.6. The number of amides is 4. The highest BCUT2D eigenvalue weighted by Gasteiger charge is 2.62. The first-order chi connectivity index (χ1) is 25.7. The number of ether oxygens (including phenoxy) is 4. The summed E-state index contributed by atoms with van der Waals surface area (Å²) in [5.41, 5.74) is 0.110. The van der Waals surface area contributed by atoms with Crippen molar-refractivity contribution in [1.82, 2.24) is 25.2 Å². The van der Waals surface area contributed by atoms with Gasteiger partial charge in [-0.15, -0.1) is 0 Å². The van der Waals surface area contributed by atoms with Crippen molar-refractivity contribution in [2.75, 3.05) is 33.3 Å². The fraction of sp³-hybridized carbons (Fsp3) is 0.684. The molecule has 6 atom stereocenters. The number of fused-ring (bicyclic) bond motifs is 3. The van der Waals surface area contributed by atoms with Crippen molar-refractivity contribution in [2.45, 2.75) is 121 Å². The molecule has 3 fully saturated rings. The van der Waals surface area contributed by atoms with Crippen LogP contribution in [-0.4, -0.2) is 104 Å². The van der Waals surface area contributed by atoms with Crippen molar-refractivity contribution in [1.29, 1.82) is 0 Å². The van der Waals surface area contributed by atoms with E-state index in [1.54, 1.807) is 20.8 Å². The van der Waals surface area contributed by atoms with Gasteiger partial charge in [-0.25, -0.2) is 13.2 Å². The number of cyclic esters (lactones) is 1. The van der Waals surface area contributed by atoms with Gasteiger partial charge in [0.15, 0.2) is 0 Å². The summed E-state index contributed by atoms with van der Waals surface area (Å²) in [7, 11) is -3.85. The molecule has 6 rings (SSSR count). The molecule has 3 N–H and O–H groups in total. The molecule has 0 spiro atoms. The Balaban J connectivity index is 1.19. The molecule has 2 saturated carbocycles. The number of carbonyl (C=O) groups is 4. The van der Waals surface area contributed by atoms with Crippen molar-refractivity contribution in [3.63, 3.8) is 0 Å². The second-order valence-electron chi connectivity index (χ2n) is 16.1. The molecule has 4 bridgehead atoms. The number of alkyl carbamates (subject to hydrolysis) is 1.